The highest BCUT2D eigenvalue weighted by Crippen LogP contribution is 2.43. The van der Waals surface area contributed by atoms with Crippen LogP contribution < -0.4 is 0 Å². The van der Waals surface area contributed by atoms with Crippen LogP contribution in [0.25, 0.3) is 0 Å². The van der Waals surface area contributed by atoms with Gasteiger partial charge in [0.1, 0.15) is 23.9 Å². The molecule has 0 nitrogen and oxygen atoms in total. The lowest BCUT2D eigenvalue weighted by Crippen LogP contribution is -2.26. The molecular formula is C26H34F6. The molecule has 0 N–H and O–H groups in total. The first-order chi connectivity index (χ1) is 15.3. The summed E-state index contributed by atoms with van der Waals surface area (Å²) in [6, 6.07) is 1.67. The van der Waals surface area contributed by atoms with Crippen molar-refractivity contribution in [2.75, 3.05) is 6.67 Å². The molecule has 0 unspecified atom stereocenters. The lowest BCUT2D eigenvalue weighted by atomic mass is 9.68. The van der Waals surface area contributed by atoms with Crippen molar-refractivity contribution in [1.82, 2.24) is 0 Å². The molecule has 0 bridgehead atoms. The standard InChI is InChI=1S/C26H34F6/c27-15-3-1-2-4-18-7-11-21(12-8-18)22-13-9-19(10-14-22)5-6-20-16-23(28)25(24(29)17-20)26(30,31)32/h1,3,16-19,21-22H,2,4-15H2/b3-1+. The van der Waals surface area contributed by atoms with Crippen molar-refractivity contribution in [1.29, 1.82) is 0 Å². The van der Waals surface area contributed by atoms with E-state index in [2.05, 4.69) is 0 Å². The van der Waals surface area contributed by atoms with Gasteiger partial charge in [0, 0.05) is 0 Å². The second-order valence-electron chi connectivity index (χ2n) is 9.74. The van der Waals surface area contributed by atoms with E-state index in [0.29, 0.717) is 17.9 Å². The summed E-state index contributed by atoms with van der Waals surface area (Å²) in [7, 11) is 0. The van der Waals surface area contributed by atoms with Crippen LogP contribution in [0.15, 0.2) is 24.3 Å². The Morgan fingerprint density at radius 2 is 1.25 bits per heavy atom. The molecule has 1 aromatic rings. The molecule has 3 rings (SSSR count). The molecule has 6 heteroatoms. The van der Waals surface area contributed by atoms with Crippen LogP contribution >= 0.6 is 0 Å². The van der Waals surface area contributed by atoms with E-state index >= 15 is 0 Å². The quantitative estimate of drug-likeness (QED) is 0.268. The largest absolute Gasteiger partial charge is 0.422 e. The zero-order chi connectivity index (χ0) is 23.1. The molecule has 1 aromatic carbocycles. The minimum absolute atomic E-state index is 0.301. The van der Waals surface area contributed by atoms with Crippen molar-refractivity contribution in [2.24, 2.45) is 23.7 Å². The lowest BCUT2D eigenvalue weighted by Gasteiger charge is -2.38. The first-order valence-electron chi connectivity index (χ1n) is 12.0. The van der Waals surface area contributed by atoms with Gasteiger partial charge >= 0.3 is 6.18 Å². The maximum atomic E-state index is 13.8. The van der Waals surface area contributed by atoms with Gasteiger partial charge in [-0.05, 0) is 92.7 Å². The maximum absolute atomic E-state index is 13.8. The van der Waals surface area contributed by atoms with Crippen LogP contribution in [-0.2, 0) is 12.6 Å². The zero-order valence-corrected chi connectivity index (χ0v) is 18.6. The summed E-state index contributed by atoms with van der Waals surface area (Å²) in [5, 5.41) is 0. The van der Waals surface area contributed by atoms with Gasteiger partial charge in [0.15, 0.2) is 0 Å². The predicted molar refractivity (Wildman–Crippen MR) is 115 cm³/mol. The summed E-state index contributed by atoms with van der Waals surface area (Å²) in [6.07, 6.45) is 11.4. The van der Waals surface area contributed by atoms with Crippen LogP contribution in [-0.4, -0.2) is 6.67 Å². The van der Waals surface area contributed by atoms with E-state index < -0.39 is 23.4 Å². The highest BCUT2D eigenvalue weighted by Gasteiger charge is 2.38. The SMILES string of the molecule is FC/C=C/CCC1CCC(C2CCC(CCc3cc(F)c(C(F)(F)F)c(F)c3)CC2)CC1. The number of allylic oxidation sites excluding steroid dienone is 2. The van der Waals surface area contributed by atoms with Gasteiger partial charge in [-0.2, -0.15) is 13.2 Å². The first-order valence-corrected chi connectivity index (χ1v) is 12.0. The van der Waals surface area contributed by atoms with Crippen LogP contribution in [0.3, 0.4) is 0 Å². The van der Waals surface area contributed by atoms with E-state index in [0.717, 1.165) is 62.0 Å². The van der Waals surface area contributed by atoms with Gasteiger partial charge in [-0.1, -0.05) is 37.8 Å². The van der Waals surface area contributed by atoms with Gasteiger partial charge in [-0.3, -0.25) is 0 Å². The Kier molecular flexibility index (Phi) is 9.13. The number of hydrogen-bond acceptors (Lipinski definition) is 0. The van der Waals surface area contributed by atoms with Crippen LogP contribution in [0.4, 0.5) is 26.3 Å². The summed E-state index contributed by atoms with van der Waals surface area (Å²) in [6.45, 7) is -0.381. The van der Waals surface area contributed by atoms with E-state index in [9.17, 15) is 26.3 Å². The van der Waals surface area contributed by atoms with Crippen molar-refractivity contribution in [3.8, 4) is 0 Å². The molecule has 0 atom stereocenters. The van der Waals surface area contributed by atoms with Gasteiger partial charge < -0.3 is 0 Å². The van der Waals surface area contributed by atoms with E-state index in [4.69, 9.17) is 0 Å². The van der Waals surface area contributed by atoms with Gasteiger partial charge in [-0.15, -0.1) is 0 Å². The van der Waals surface area contributed by atoms with Crippen molar-refractivity contribution in [3.63, 3.8) is 0 Å². The summed E-state index contributed by atoms with van der Waals surface area (Å²) in [5.41, 5.74) is -1.50. The second kappa shape index (κ2) is 11.6. The van der Waals surface area contributed by atoms with Gasteiger partial charge in [0.05, 0.1) is 0 Å². The van der Waals surface area contributed by atoms with E-state index in [1.54, 1.807) is 6.08 Å². The predicted octanol–water partition coefficient (Wildman–Crippen LogP) is 8.83. The topological polar surface area (TPSA) is 0 Å². The average Bonchev–Trinajstić information content (AvgIpc) is 2.75. The number of halogens is 6. The fourth-order valence-electron chi connectivity index (χ4n) is 5.82. The summed E-state index contributed by atoms with van der Waals surface area (Å²) in [5.74, 6) is -0.281. The number of benzene rings is 1. The minimum Gasteiger partial charge on any atom is -0.247 e. The molecule has 0 aliphatic heterocycles. The van der Waals surface area contributed by atoms with Crippen molar-refractivity contribution < 1.29 is 26.3 Å². The van der Waals surface area contributed by atoms with Crippen LogP contribution in [0.5, 0.6) is 0 Å². The second-order valence-corrected chi connectivity index (χ2v) is 9.74. The summed E-state index contributed by atoms with van der Waals surface area (Å²) >= 11 is 0. The normalized spacial score (nSPS) is 27.2. The molecule has 0 amide bonds. The number of hydrogen-bond donors (Lipinski definition) is 0. The number of rotatable bonds is 8. The van der Waals surface area contributed by atoms with Crippen LogP contribution in [0.2, 0.25) is 0 Å². The van der Waals surface area contributed by atoms with Gasteiger partial charge in [-0.25, -0.2) is 13.2 Å². The van der Waals surface area contributed by atoms with E-state index in [1.165, 1.54) is 38.5 Å². The molecular weight excluding hydrogens is 426 g/mol. The highest BCUT2D eigenvalue weighted by molar-refractivity contribution is 5.28. The third-order valence-corrected chi connectivity index (χ3v) is 7.67. The molecule has 0 saturated heterocycles. The lowest BCUT2D eigenvalue weighted by molar-refractivity contribution is -0.142. The Morgan fingerprint density at radius 1 is 0.750 bits per heavy atom. The molecule has 2 saturated carbocycles. The number of alkyl halides is 4. The van der Waals surface area contributed by atoms with Crippen LogP contribution in [0.1, 0.15) is 81.8 Å². The molecule has 2 aliphatic carbocycles. The van der Waals surface area contributed by atoms with Crippen molar-refractivity contribution in [2.45, 2.75) is 83.2 Å². The van der Waals surface area contributed by atoms with Crippen LogP contribution in [0, 0.1) is 35.3 Å². The van der Waals surface area contributed by atoms with Gasteiger partial charge in [0.2, 0.25) is 0 Å². The number of aryl methyl sites for hydroxylation is 1. The molecule has 32 heavy (non-hydrogen) atoms. The monoisotopic (exact) mass is 460 g/mol. The highest BCUT2D eigenvalue weighted by atomic mass is 19.4. The van der Waals surface area contributed by atoms with Gasteiger partial charge in [0.25, 0.3) is 0 Å². The maximum Gasteiger partial charge on any atom is 0.422 e. The Morgan fingerprint density at radius 3 is 1.72 bits per heavy atom. The minimum atomic E-state index is -5.02. The molecule has 2 fully saturated rings. The average molecular weight is 461 g/mol. The van der Waals surface area contributed by atoms with E-state index in [-0.39, 0.29) is 6.67 Å². The molecule has 0 aromatic heterocycles. The Labute approximate surface area is 187 Å². The smallest absolute Gasteiger partial charge is 0.247 e. The first kappa shape index (κ1) is 25.2. The Balaban J connectivity index is 1.39. The molecule has 180 valence electrons. The zero-order valence-electron chi connectivity index (χ0n) is 18.6. The molecule has 0 radical (unpaired) electrons. The molecule has 0 heterocycles. The fraction of sp³-hybridized carbons (Fsp3) is 0.692. The van der Waals surface area contributed by atoms with Crippen molar-refractivity contribution >= 4 is 0 Å². The fourth-order valence-corrected chi connectivity index (χ4v) is 5.82. The third kappa shape index (κ3) is 7.02. The summed E-state index contributed by atoms with van der Waals surface area (Å²) < 4.78 is 77.8. The summed E-state index contributed by atoms with van der Waals surface area (Å²) in [4.78, 5) is 0. The molecule has 2 aliphatic rings. The van der Waals surface area contributed by atoms with Crippen molar-refractivity contribution in [3.05, 3.63) is 47.0 Å². The third-order valence-electron chi connectivity index (χ3n) is 7.67. The Hall–Kier alpha value is -1.46. The molecule has 0 spiro atoms. The Bertz CT molecular complexity index is 714. The van der Waals surface area contributed by atoms with E-state index in [1.807, 2.05) is 6.08 Å².